The number of carbonyl (C=O) groups is 2. The van der Waals surface area contributed by atoms with Crippen LogP contribution in [-0.4, -0.2) is 35.4 Å². The van der Waals surface area contributed by atoms with Crippen LogP contribution in [0.5, 0.6) is 11.5 Å². The van der Waals surface area contributed by atoms with Gasteiger partial charge in [-0.3, -0.25) is 4.79 Å². The number of benzene rings is 1. The first-order chi connectivity index (χ1) is 14.6. The molecule has 3 aromatic rings. The highest BCUT2D eigenvalue weighted by atomic mass is 32.2. The van der Waals surface area contributed by atoms with Gasteiger partial charge < -0.3 is 24.1 Å². The molecule has 10 heteroatoms. The second kappa shape index (κ2) is 8.87. The zero-order valence-electron chi connectivity index (χ0n) is 15.9. The number of esters is 1. The van der Waals surface area contributed by atoms with E-state index < -0.39 is 18.5 Å². The van der Waals surface area contributed by atoms with Crippen molar-refractivity contribution in [3.8, 4) is 11.5 Å². The van der Waals surface area contributed by atoms with Crippen LogP contribution in [0.2, 0.25) is 0 Å². The third-order valence-corrected chi connectivity index (χ3v) is 5.05. The summed E-state index contributed by atoms with van der Waals surface area (Å²) in [5.74, 6) is 1.24. The van der Waals surface area contributed by atoms with Crippen LogP contribution in [0.1, 0.15) is 21.8 Å². The first-order valence-electron chi connectivity index (χ1n) is 8.95. The Morgan fingerprint density at radius 2 is 2.07 bits per heavy atom. The second-order valence-electron chi connectivity index (χ2n) is 6.27. The van der Waals surface area contributed by atoms with Gasteiger partial charge in [0.2, 0.25) is 6.79 Å². The van der Waals surface area contributed by atoms with Crippen molar-refractivity contribution in [2.24, 2.45) is 0 Å². The summed E-state index contributed by atoms with van der Waals surface area (Å²) in [6, 6.07) is 10.1. The molecule has 1 N–H and O–H groups in total. The number of nitrogens with zero attached hydrogens (tertiary/aromatic N) is 2. The number of aromatic nitrogens is 2. The summed E-state index contributed by atoms with van der Waals surface area (Å²) in [6.07, 6.45) is 1.58. The highest BCUT2D eigenvalue weighted by Crippen LogP contribution is 2.34. The van der Waals surface area contributed by atoms with Gasteiger partial charge in [0.25, 0.3) is 5.91 Å². The van der Waals surface area contributed by atoms with Gasteiger partial charge in [0, 0.05) is 29.8 Å². The van der Waals surface area contributed by atoms with Crippen LogP contribution in [0.15, 0.2) is 52.1 Å². The van der Waals surface area contributed by atoms with Crippen molar-refractivity contribution < 1.29 is 28.3 Å². The molecule has 1 aliphatic heterocycles. The normalized spacial score (nSPS) is 11.9. The third-order valence-electron chi connectivity index (χ3n) is 4.02. The molecule has 2 aromatic heterocycles. The molecule has 154 valence electrons. The fourth-order valence-electron chi connectivity index (χ4n) is 2.67. The molecule has 0 spiro atoms. The Labute approximate surface area is 175 Å². The molecule has 0 saturated heterocycles. The number of fused-ring (bicyclic) bond motifs is 1. The van der Waals surface area contributed by atoms with Gasteiger partial charge in [0.15, 0.2) is 18.1 Å². The predicted molar refractivity (Wildman–Crippen MR) is 107 cm³/mol. The minimum atomic E-state index is -0.636. The zero-order valence-corrected chi connectivity index (χ0v) is 16.7. The lowest BCUT2D eigenvalue weighted by Crippen LogP contribution is -2.21. The largest absolute Gasteiger partial charge is 0.454 e. The van der Waals surface area contributed by atoms with E-state index in [1.165, 1.54) is 11.8 Å². The Morgan fingerprint density at radius 3 is 2.90 bits per heavy atom. The molecule has 0 radical (unpaired) electrons. The number of anilines is 1. The summed E-state index contributed by atoms with van der Waals surface area (Å²) in [5, 5.41) is 7.05. The van der Waals surface area contributed by atoms with E-state index in [2.05, 4.69) is 15.5 Å². The van der Waals surface area contributed by atoms with Crippen molar-refractivity contribution in [2.45, 2.75) is 17.7 Å². The van der Waals surface area contributed by atoms with Gasteiger partial charge in [-0.05, 0) is 31.2 Å². The third kappa shape index (κ3) is 4.71. The first kappa shape index (κ1) is 19.8. The standard InChI is InChI=1S/C20H17N3O6S/c1-12-7-14(23-29-12)10-30-19-15(3-2-6-21-19)20(25)26-9-18(24)22-13-4-5-16-17(8-13)28-11-27-16/h2-8H,9-11H2,1H3,(H,22,24). The monoisotopic (exact) mass is 427 g/mol. The lowest BCUT2D eigenvalue weighted by atomic mass is 10.3. The van der Waals surface area contributed by atoms with E-state index in [0.717, 1.165) is 5.69 Å². The molecule has 30 heavy (non-hydrogen) atoms. The number of thioether (sulfide) groups is 1. The Hall–Kier alpha value is -3.53. The van der Waals surface area contributed by atoms with Crippen LogP contribution in [0.4, 0.5) is 5.69 Å². The van der Waals surface area contributed by atoms with Gasteiger partial charge in [-0.25, -0.2) is 9.78 Å². The Morgan fingerprint density at radius 1 is 1.20 bits per heavy atom. The molecule has 1 amide bonds. The summed E-state index contributed by atoms with van der Waals surface area (Å²) in [6.45, 7) is 1.51. The van der Waals surface area contributed by atoms with Crippen molar-refractivity contribution in [2.75, 3.05) is 18.7 Å². The number of ether oxygens (including phenoxy) is 3. The molecule has 0 bridgehead atoms. The maximum Gasteiger partial charge on any atom is 0.341 e. The summed E-state index contributed by atoms with van der Waals surface area (Å²) < 4.78 is 20.7. The van der Waals surface area contributed by atoms with Gasteiger partial charge in [-0.2, -0.15) is 0 Å². The summed E-state index contributed by atoms with van der Waals surface area (Å²) >= 11 is 1.33. The maximum absolute atomic E-state index is 12.5. The van der Waals surface area contributed by atoms with E-state index in [9.17, 15) is 9.59 Å². The van der Waals surface area contributed by atoms with E-state index in [0.29, 0.717) is 33.7 Å². The Bertz CT molecular complexity index is 1080. The molecule has 0 saturated carbocycles. The van der Waals surface area contributed by atoms with Gasteiger partial charge >= 0.3 is 5.97 Å². The smallest absolute Gasteiger partial charge is 0.341 e. The fourth-order valence-corrected chi connectivity index (χ4v) is 3.53. The van der Waals surface area contributed by atoms with E-state index in [4.69, 9.17) is 18.7 Å². The maximum atomic E-state index is 12.5. The average molecular weight is 427 g/mol. The van der Waals surface area contributed by atoms with Crippen LogP contribution in [0.25, 0.3) is 0 Å². The van der Waals surface area contributed by atoms with E-state index in [1.54, 1.807) is 43.5 Å². The van der Waals surface area contributed by atoms with Crippen LogP contribution in [0, 0.1) is 6.92 Å². The highest BCUT2D eigenvalue weighted by molar-refractivity contribution is 7.98. The predicted octanol–water partition coefficient (Wildman–Crippen LogP) is 3.19. The first-order valence-corrected chi connectivity index (χ1v) is 9.93. The molecule has 1 aliphatic rings. The molecule has 0 fully saturated rings. The summed E-state index contributed by atoms with van der Waals surface area (Å²) in [5.41, 5.74) is 1.53. The van der Waals surface area contributed by atoms with Crippen molar-refractivity contribution >= 4 is 29.3 Å². The molecule has 9 nitrogen and oxygen atoms in total. The number of pyridine rings is 1. The number of aryl methyl sites for hydroxylation is 1. The highest BCUT2D eigenvalue weighted by Gasteiger charge is 2.18. The molecule has 4 rings (SSSR count). The van der Waals surface area contributed by atoms with E-state index in [-0.39, 0.29) is 12.4 Å². The average Bonchev–Trinajstić information content (AvgIpc) is 3.39. The molecular formula is C20H17N3O6S. The molecular weight excluding hydrogens is 410 g/mol. The second-order valence-corrected chi connectivity index (χ2v) is 7.23. The summed E-state index contributed by atoms with van der Waals surface area (Å²) in [4.78, 5) is 28.8. The van der Waals surface area contributed by atoms with Crippen molar-refractivity contribution in [1.82, 2.24) is 10.1 Å². The lowest BCUT2D eigenvalue weighted by molar-refractivity contribution is -0.119. The van der Waals surface area contributed by atoms with Crippen molar-refractivity contribution in [1.29, 1.82) is 0 Å². The lowest BCUT2D eigenvalue weighted by Gasteiger charge is -2.09. The number of hydrogen-bond acceptors (Lipinski definition) is 9. The van der Waals surface area contributed by atoms with Crippen LogP contribution in [-0.2, 0) is 15.3 Å². The minimum Gasteiger partial charge on any atom is -0.454 e. The zero-order chi connectivity index (χ0) is 20.9. The minimum absolute atomic E-state index is 0.145. The molecule has 0 aliphatic carbocycles. The van der Waals surface area contributed by atoms with Crippen LogP contribution in [0.3, 0.4) is 0 Å². The van der Waals surface area contributed by atoms with Crippen LogP contribution < -0.4 is 14.8 Å². The fraction of sp³-hybridized carbons (Fsp3) is 0.200. The molecule has 0 unspecified atom stereocenters. The van der Waals surface area contributed by atoms with Crippen molar-refractivity contribution in [3.63, 3.8) is 0 Å². The number of nitrogens with one attached hydrogen (secondary N) is 1. The Kier molecular flexibility index (Phi) is 5.84. The molecule has 3 heterocycles. The van der Waals surface area contributed by atoms with Crippen molar-refractivity contribution in [3.05, 3.63) is 59.6 Å². The van der Waals surface area contributed by atoms with Gasteiger partial charge in [-0.15, -0.1) is 0 Å². The number of carbonyl (C=O) groups excluding carboxylic acids is 2. The number of amides is 1. The van der Waals surface area contributed by atoms with Crippen LogP contribution >= 0.6 is 11.8 Å². The SMILES string of the molecule is Cc1cc(CSc2ncccc2C(=O)OCC(=O)Nc2ccc3c(c2)OCO3)no1. The topological polar surface area (TPSA) is 113 Å². The number of rotatable bonds is 7. The van der Waals surface area contributed by atoms with Gasteiger partial charge in [0.1, 0.15) is 10.8 Å². The van der Waals surface area contributed by atoms with E-state index in [1.807, 2.05) is 6.07 Å². The number of hydrogen-bond donors (Lipinski definition) is 1. The van der Waals surface area contributed by atoms with Gasteiger partial charge in [0.05, 0.1) is 11.3 Å². The Balaban J connectivity index is 1.33. The van der Waals surface area contributed by atoms with Gasteiger partial charge in [-0.1, -0.05) is 16.9 Å². The van der Waals surface area contributed by atoms with E-state index >= 15 is 0 Å². The molecule has 1 aromatic carbocycles. The summed E-state index contributed by atoms with van der Waals surface area (Å²) in [7, 11) is 0. The quantitative estimate of drug-likeness (QED) is 0.448. The molecule has 0 atom stereocenters.